The van der Waals surface area contributed by atoms with Crippen LogP contribution in [-0.2, 0) is 6.54 Å². The molecule has 0 radical (unpaired) electrons. The molecule has 0 saturated heterocycles. The first-order valence-corrected chi connectivity index (χ1v) is 7.26. The molecule has 16 heavy (non-hydrogen) atoms. The van der Waals surface area contributed by atoms with Crippen LogP contribution in [-0.4, -0.2) is 11.0 Å². The standard InChI is InChI=1S/C13H22N2S/c1-3-11-6-4-5-7-12(11)14-9-13-15-8-10(2)16-13/h8,11-12,14H,3-7,9H2,1-2H3. The molecule has 0 amide bonds. The monoisotopic (exact) mass is 238 g/mol. The fraction of sp³-hybridized carbons (Fsp3) is 0.769. The van der Waals surface area contributed by atoms with Crippen molar-refractivity contribution in [3.8, 4) is 0 Å². The van der Waals surface area contributed by atoms with Gasteiger partial charge in [0.1, 0.15) is 5.01 Å². The molecule has 1 aromatic heterocycles. The van der Waals surface area contributed by atoms with Gasteiger partial charge in [0.25, 0.3) is 0 Å². The third-order valence-electron chi connectivity index (χ3n) is 3.62. The highest BCUT2D eigenvalue weighted by molar-refractivity contribution is 7.11. The van der Waals surface area contributed by atoms with Crippen LogP contribution in [0.5, 0.6) is 0 Å². The lowest BCUT2D eigenvalue weighted by atomic mass is 9.83. The molecule has 90 valence electrons. The van der Waals surface area contributed by atoms with Crippen LogP contribution in [0.15, 0.2) is 6.20 Å². The summed E-state index contributed by atoms with van der Waals surface area (Å²) >= 11 is 1.81. The molecule has 1 N–H and O–H groups in total. The number of rotatable bonds is 4. The van der Waals surface area contributed by atoms with Crippen molar-refractivity contribution in [2.24, 2.45) is 5.92 Å². The van der Waals surface area contributed by atoms with E-state index >= 15 is 0 Å². The second kappa shape index (κ2) is 5.78. The highest BCUT2D eigenvalue weighted by Crippen LogP contribution is 2.27. The number of aromatic nitrogens is 1. The Morgan fingerprint density at radius 2 is 2.25 bits per heavy atom. The molecule has 2 rings (SSSR count). The molecule has 0 bridgehead atoms. The summed E-state index contributed by atoms with van der Waals surface area (Å²) in [6.45, 7) is 5.40. The summed E-state index contributed by atoms with van der Waals surface area (Å²) in [4.78, 5) is 5.72. The van der Waals surface area contributed by atoms with Gasteiger partial charge in [-0.05, 0) is 25.7 Å². The van der Waals surface area contributed by atoms with Crippen LogP contribution in [0, 0.1) is 12.8 Å². The van der Waals surface area contributed by atoms with Gasteiger partial charge in [0.05, 0.1) is 0 Å². The normalized spacial score (nSPS) is 25.9. The number of hydrogen-bond donors (Lipinski definition) is 1. The van der Waals surface area contributed by atoms with E-state index in [1.165, 1.54) is 42.0 Å². The van der Waals surface area contributed by atoms with Gasteiger partial charge in [-0.1, -0.05) is 26.2 Å². The van der Waals surface area contributed by atoms with Gasteiger partial charge in [0.15, 0.2) is 0 Å². The van der Waals surface area contributed by atoms with Crippen molar-refractivity contribution in [1.29, 1.82) is 0 Å². The van der Waals surface area contributed by atoms with Crippen LogP contribution < -0.4 is 5.32 Å². The summed E-state index contributed by atoms with van der Waals surface area (Å²) in [5.41, 5.74) is 0. The Labute approximate surface area is 102 Å². The minimum atomic E-state index is 0.725. The minimum absolute atomic E-state index is 0.725. The van der Waals surface area contributed by atoms with Crippen LogP contribution in [0.1, 0.15) is 48.9 Å². The predicted molar refractivity (Wildman–Crippen MR) is 69.7 cm³/mol. The van der Waals surface area contributed by atoms with Gasteiger partial charge in [-0.25, -0.2) is 4.98 Å². The number of nitrogens with zero attached hydrogens (tertiary/aromatic N) is 1. The van der Waals surface area contributed by atoms with E-state index in [4.69, 9.17) is 0 Å². The number of nitrogens with one attached hydrogen (secondary N) is 1. The summed E-state index contributed by atoms with van der Waals surface area (Å²) in [5, 5.41) is 4.93. The van der Waals surface area contributed by atoms with Gasteiger partial charge in [-0.15, -0.1) is 11.3 Å². The molecule has 1 aliphatic carbocycles. The molecule has 3 heteroatoms. The second-order valence-corrected chi connectivity index (χ2v) is 6.12. The summed E-state index contributed by atoms with van der Waals surface area (Å²) < 4.78 is 0. The van der Waals surface area contributed by atoms with Gasteiger partial charge < -0.3 is 5.32 Å². The zero-order valence-electron chi connectivity index (χ0n) is 10.3. The number of aryl methyl sites for hydroxylation is 1. The van der Waals surface area contributed by atoms with E-state index in [0.29, 0.717) is 0 Å². The van der Waals surface area contributed by atoms with Crippen molar-refractivity contribution in [3.05, 3.63) is 16.1 Å². The number of hydrogen-bond acceptors (Lipinski definition) is 3. The van der Waals surface area contributed by atoms with Crippen LogP contribution in [0.2, 0.25) is 0 Å². The van der Waals surface area contributed by atoms with E-state index in [9.17, 15) is 0 Å². The third kappa shape index (κ3) is 3.05. The molecule has 1 aromatic rings. The lowest BCUT2D eigenvalue weighted by molar-refractivity contribution is 0.254. The smallest absolute Gasteiger partial charge is 0.107 e. The lowest BCUT2D eigenvalue weighted by Crippen LogP contribution is -2.37. The predicted octanol–water partition coefficient (Wildman–Crippen LogP) is 3.51. The van der Waals surface area contributed by atoms with Crippen LogP contribution in [0.25, 0.3) is 0 Å². The van der Waals surface area contributed by atoms with E-state index in [2.05, 4.69) is 24.1 Å². The summed E-state index contributed by atoms with van der Waals surface area (Å²) in [7, 11) is 0. The minimum Gasteiger partial charge on any atom is -0.307 e. The van der Waals surface area contributed by atoms with Gasteiger partial charge in [-0.3, -0.25) is 0 Å². The molecule has 2 atom stereocenters. The van der Waals surface area contributed by atoms with Crippen LogP contribution >= 0.6 is 11.3 Å². The number of thiazole rings is 1. The highest BCUT2D eigenvalue weighted by atomic mass is 32.1. The van der Waals surface area contributed by atoms with Crippen molar-refractivity contribution < 1.29 is 0 Å². The van der Waals surface area contributed by atoms with Crippen LogP contribution in [0.4, 0.5) is 0 Å². The summed E-state index contributed by atoms with van der Waals surface area (Å²) in [6.07, 6.45) is 8.86. The topological polar surface area (TPSA) is 24.9 Å². The maximum absolute atomic E-state index is 4.41. The zero-order valence-corrected chi connectivity index (χ0v) is 11.1. The fourth-order valence-electron chi connectivity index (χ4n) is 2.67. The molecule has 0 aromatic carbocycles. The van der Waals surface area contributed by atoms with Crippen LogP contribution in [0.3, 0.4) is 0 Å². The van der Waals surface area contributed by atoms with Gasteiger partial charge in [0, 0.05) is 23.7 Å². The molecule has 2 nitrogen and oxygen atoms in total. The Morgan fingerprint density at radius 3 is 2.94 bits per heavy atom. The van der Waals surface area contributed by atoms with Crippen molar-refractivity contribution in [3.63, 3.8) is 0 Å². The van der Waals surface area contributed by atoms with E-state index < -0.39 is 0 Å². The van der Waals surface area contributed by atoms with Crippen molar-refractivity contribution in [2.75, 3.05) is 0 Å². The lowest BCUT2D eigenvalue weighted by Gasteiger charge is -2.31. The quantitative estimate of drug-likeness (QED) is 0.868. The SMILES string of the molecule is CCC1CCCCC1NCc1ncc(C)s1. The zero-order chi connectivity index (χ0) is 11.4. The van der Waals surface area contributed by atoms with Crippen molar-refractivity contribution in [2.45, 2.75) is 58.5 Å². The molecule has 0 aliphatic heterocycles. The van der Waals surface area contributed by atoms with E-state index in [1.54, 1.807) is 0 Å². The van der Waals surface area contributed by atoms with E-state index in [1.807, 2.05) is 17.5 Å². The van der Waals surface area contributed by atoms with Gasteiger partial charge in [0.2, 0.25) is 0 Å². The third-order valence-corrected chi connectivity index (χ3v) is 4.53. The molecule has 2 unspecified atom stereocenters. The van der Waals surface area contributed by atoms with Crippen molar-refractivity contribution in [1.82, 2.24) is 10.3 Å². The molecule has 1 aliphatic rings. The fourth-order valence-corrected chi connectivity index (χ4v) is 3.40. The maximum Gasteiger partial charge on any atom is 0.107 e. The summed E-state index contributed by atoms with van der Waals surface area (Å²) in [5.74, 6) is 0.884. The maximum atomic E-state index is 4.41. The molecule has 1 fully saturated rings. The Balaban J connectivity index is 1.84. The Kier molecular flexibility index (Phi) is 4.36. The Hall–Kier alpha value is -0.410. The van der Waals surface area contributed by atoms with Crippen molar-refractivity contribution >= 4 is 11.3 Å². The molecule has 1 saturated carbocycles. The molecular weight excluding hydrogens is 216 g/mol. The second-order valence-electron chi connectivity index (χ2n) is 4.80. The first-order valence-electron chi connectivity index (χ1n) is 6.44. The molecule has 0 spiro atoms. The Morgan fingerprint density at radius 1 is 1.44 bits per heavy atom. The largest absolute Gasteiger partial charge is 0.307 e. The first kappa shape index (κ1) is 12.1. The van der Waals surface area contributed by atoms with E-state index in [-0.39, 0.29) is 0 Å². The molecular formula is C13H22N2S. The molecule has 1 heterocycles. The van der Waals surface area contributed by atoms with Gasteiger partial charge in [-0.2, -0.15) is 0 Å². The average Bonchev–Trinajstić information content (AvgIpc) is 2.73. The Bertz CT molecular complexity index is 321. The summed E-state index contributed by atoms with van der Waals surface area (Å²) in [6, 6.07) is 0.725. The average molecular weight is 238 g/mol. The first-order chi connectivity index (χ1) is 7.79. The van der Waals surface area contributed by atoms with E-state index in [0.717, 1.165) is 18.5 Å². The van der Waals surface area contributed by atoms with Gasteiger partial charge >= 0.3 is 0 Å². The highest BCUT2D eigenvalue weighted by Gasteiger charge is 2.22.